The maximum absolute atomic E-state index is 13.5. The van der Waals surface area contributed by atoms with Crippen molar-refractivity contribution in [1.82, 2.24) is 10.4 Å². The zero-order chi connectivity index (χ0) is 14.4. The molecule has 2 amide bonds. The molecular weight excluding hydrogens is 255 g/mol. The molecule has 0 saturated carbocycles. The van der Waals surface area contributed by atoms with Gasteiger partial charge < -0.3 is 10.4 Å². The number of rotatable bonds is 5. The van der Waals surface area contributed by atoms with Gasteiger partial charge in [0.2, 0.25) is 0 Å². The van der Waals surface area contributed by atoms with Gasteiger partial charge in [0.05, 0.1) is 7.11 Å². The first-order valence-corrected chi connectivity index (χ1v) is 5.50. The molecule has 0 unspecified atom stereocenters. The van der Waals surface area contributed by atoms with Crippen molar-refractivity contribution in [2.45, 2.75) is 12.5 Å². The van der Waals surface area contributed by atoms with Crippen LogP contribution in [0.2, 0.25) is 0 Å². The summed E-state index contributed by atoms with van der Waals surface area (Å²) in [6, 6.07) is 4.76. The van der Waals surface area contributed by atoms with Crippen molar-refractivity contribution >= 4 is 12.0 Å². The van der Waals surface area contributed by atoms with Crippen LogP contribution in [-0.2, 0) is 16.1 Å². The second-order valence-corrected chi connectivity index (χ2v) is 3.82. The lowest BCUT2D eigenvalue weighted by molar-refractivity contribution is -0.170. The third-order valence-electron chi connectivity index (χ3n) is 2.56. The monoisotopic (exact) mass is 270 g/mol. The third kappa shape index (κ3) is 4.22. The van der Waals surface area contributed by atoms with Gasteiger partial charge in [0, 0.05) is 13.5 Å². The molecule has 7 heteroatoms. The molecule has 6 nitrogen and oxygen atoms in total. The number of hydrogen-bond acceptors (Lipinski definition) is 3. The Balaban J connectivity index is 2.89. The quantitative estimate of drug-likeness (QED) is 0.783. The summed E-state index contributed by atoms with van der Waals surface area (Å²) in [5.41, 5.74) is 0.249. The van der Waals surface area contributed by atoms with Crippen LogP contribution < -0.4 is 5.32 Å². The normalized spacial score (nSPS) is 11.7. The van der Waals surface area contributed by atoms with Crippen molar-refractivity contribution in [1.29, 1.82) is 0 Å². The number of nitrogens with one attached hydrogen (secondary N) is 1. The Morgan fingerprint density at radius 2 is 2.11 bits per heavy atom. The molecule has 0 radical (unpaired) electrons. The minimum atomic E-state index is -1.36. The molecule has 104 valence electrons. The Hall–Kier alpha value is -2.15. The first-order valence-electron chi connectivity index (χ1n) is 5.50. The largest absolute Gasteiger partial charge is 0.465 e. The van der Waals surface area contributed by atoms with Gasteiger partial charge in [-0.05, 0) is 11.6 Å². The molecule has 1 aromatic rings. The topological polar surface area (TPSA) is 78.9 Å². The molecule has 0 bridgehead atoms. The van der Waals surface area contributed by atoms with E-state index in [4.69, 9.17) is 9.94 Å². The molecule has 0 aliphatic rings. The zero-order valence-corrected chi connectivity index (χ0v) is 10.6. The van der Waals surface area contributed by atoms with Crippen molar-refractivity contribution in [3.63, 3.8) is 0 Å². The number of nitrogens with zero attached hydrogens (tertiary/aromatic N) is 1. The molecule has 1 aromatic carbocycles. The van der Waals surface area contributed by atoms with Crippen LogP contribution in [-0.4, -0.2) is 42.4 Å². The Morgan fingerprint density at radius 3 is 2.63 bits per heavy atom. The summed E-state index contributed by atoms with van der Waals surface area (Å²) in [5.74, 6) is -1.10. The minimum absolute atomic E-state index is 0.0918. The fraction of sp³-hybridized carbons (Fsp3) is 0.333. The van der Waals surface area contributed by atoms with E-state index in [9.17, 15) is 14.0 Å². The highest BCUT2D eigenvalue weighted by Gasteiger charge is 2.25. The van der Waals surface area contributed by atoms with E-state index >= 15 is 0 Å². The Bertz CT molecular complexity index is 467. The smallest absolute Gasteiger partial charge is 0.405 e. The van der Waals surface area contributed by atoms with Crippen LogP contribution in [0.15, 0.2) is 24.3 Å². The summed E-state index contributed by atoms with van der Waals surface area (Å²) in [7, 11) is 2.62. The first kappa shape index (κ1) is 14.9. The molecule has 1 rings (SSSR count). The predicted molar refractivity (Wildman–Crippen MR) is 64.8 cm³/mol. The van der Waals surface area contributed by atoms with E-state index in [0.717, 1.165) is 5.06 Å². The summed E-state index contributed by atoms with van der Waals surface area (Å²) >= 11 is 0. The summed E-state index contributed by atoms with van der Waals surface area (Å²) < 4.78 is 13.5. The second-order valence-electron chi connectivity index (χ2n) is 3.82. The van der Waals surface area contributed by atoms with E-state index in [1.54, 1.807) is 6.07 Å². The Kier molecular flexibility index (Phi) is 5.25. The molecule has 2 N–H and O–H groups in total. The van der Waals surface area contributed by atoms with E-state index < -0.39 is 23.9 Å². The summed E-state index contributed by atoms with van der Waals surface area (Å²) in [6.45, 7) is 0. The highest BCUT2D eigenvalue weighted by molar-refractivity contribution is 5.84. The molecule has 0 saturated heterocycles. The molecule has 0 fully saturated rings. The lowest BCUT2D eigenvalue weighted by atomic mass is 10.0. The van der Waals surface area contributed by atoms with Gasteiger partial charge in [-0.3, -0.25) is 9.63 Å². The first-order chi connectivity index (χ1) is 8.95. The molecule has 19 heavy (non-hydrogen) atoms. The number of amides is 2. The fourth-order valence-electron chi connectivity index (χ4n) is 1.54. The van der Waals surface area contributed by atoms with E-state index in [1.807, 2.05) is 5.32 Å². The molecule has 0 heterocycles. The lowest BCUT2D eigenvalue weighted by Gasteiger charge is -2.21. The van der Waals surface area contributed by atoms with Crippen molar-refractivity contribution in [3.8, 4) is 0 Å². The highest BCUT2D eigenvalue weighted by atomic mass is 19.1. The van der Waals surface area contributed by atoms with Crippen LogP contribution >= 0.6 is 0 Å². The van der Waals surface area contributed by atoms with Crippen LogP contribution in [0.4, 0.5) is 9.18 Å². The number of carbonyl (C=O) groups is 2. The van der Waals surface area contributed by atoms with Gasteiger partial charge in [0.15, 0.2) is 0 Å². The van der Waals surface area contributed by atoms with E-state index in [2.05, 4.69) is 0 Å². The lowest BCUT2D eigenvalue weighted by Crippen LogP contribution is -2.48. The summed E-state index contributed by atoms with van der Waals surface area (Å²) in [4.78, 5) is 27.3. The number of halogens is 1. The van der Waals surface area contributed by atoms with Crippen LogP contribution in [0, 0.1) is 5.82 Å². The Morgan fingerprint density at radius 1 is 1.47 bits per heavy atom. The predicted octanol–water partition coefficient (Wildman–Crippen LogP) is 1.02. The molecule has 0 aliphatic heterocycles. The van der Waals surface area contributed by atoms with Gasteiger partial charge in [-0.25, -0.2) is 14.2 Å². The molecule has 1 atom stereocenters. The van der Waals surface area contributed by atoms with E-state index in [-0.39, 0.29) is 12.0 Å². The molecule has 0 aromatic heterocycles. The summed E-state index contributed by atoms with van der Waals surface area (Å²) in [5, 5.41) is 11.7. The van der Waals surface area contributed by atoms with Crippen LogP contribution in [0.3, 0.4) is 0 Å². The van der Waals surface area contributed by atoms with Crippen LogP contribution in [0.1, 0.15) is 5.56 Å². The number of carboxylic acid groups (broad SMARTS) is 1. The third-order valence-corrected chi connectivity index (χ3v) is 2.56. The number of carbonyl (C=O) groups excluding carboxylic acids is 1. The van der Waals surface area contributed by atoms with Gasteiger partial charge in [0.25, 0.3) is 5.91 Å². The van der Waals surface area contributed by atoms with Crippen molar-refractivity contribution in [3.05, 3.63) is 35.6 Å². The average Bonchev–Trinajstić information content (AvgIpc) is 2.38. The van der Waals surface area contributed by atoms with Crippen molar-refractivity contribution < 1.29 is 23.9 Å². The van der Waals surface area contributed by atoms with Gasteiger partial charge in [-0.15, -0.1) is 0 Å². The standard InChI is InChI=1S/C12H15FN2O4/c1-15(19-2)11(16)10(14-12(17)18)7-8-5-3-4-6-9(8)13/h3-6,10,14H,7H2,1-2H3,(H,17,18)/t10-/m1/s1. The number of benzene rings is 1. The SMILES string of the molecule is CON(C)C(=O)[C@@H](Cc1ccccc1F)NC(=O)O. The fourth-order valence-corrected chi connectivity index (χ4v) is 1.54. The minimum Gasteiger partial charge on any atom is -0.465 e. The maximum atomic E-state index is 13.5. The van der Waals surface area contributed by atoms with Gasteiger partial charge in [-0.2, -0.15) is 0 Å². The molecule has 0 aliphatic carbocycles. The van der Waals surface area contributed by atoms with E-state index in [1.165, 1.54) is 32.4 Å². The number of hydrogen-bond donors (Lipinski definition) is 2. The summed E-state index contributed by atoms with van der Waals surface area (Å²) in [6.07, 6.45) is -1.45. The highest BCUT2D eigenvalue weighted by Crippen LogP contribution is 2.10. The van der Waals surface area contributed by atoms with Gasteiger partial charge >= 0.3 is 6.09 Å². The number of likely N-dealkylation sites (N-methyl/N-ethyl adjacent to an activating group) is 1. The second kappa shape index (κ2) is 6.69. The van der Waals surface area contributed by atoms with Crippen LogP contribution in [0.5, 0.6) is 0 Å². The molecule has 0 spiro atoms. The average molecular weight is 270 g/mol. The molecular formula is C12H15FN2O4. The van der Waals surface area contributed by atoms with E-state index in [0.29, 0.717) is 0 Å². The van der Waals surface area contributed by atoms with Gasteiger partial charge in [-0.1, -0.05) is 18.2 Å². The Labute approximate surface area is 109 Å². The maximum Gasteiger partial charge on any atom is 0.405 e. The number of hydroxylamine groups is 2. The van der Waals surface area contributed by atoms with Crippen LogP contribution in [0.25, 0.3) is 0 Å². The zero-order valence-electron chi connectivity index (χ0n) is 10.6. The van der Waals surface area contributed by atoms with Crippen molar-refractivity contribution in [2.75, 3.05) is 14.2 Å². The van der Waals surface area contributed by atoms with Crippen molar-refractivity contribution in [2.24, 2.45) is 0 Å². The van der Waals surface area contributed by atoms with Gasteiger partial charge in [0.1, 0.15) is 11.9 Å².